The maximum Gasteiger partial charge on any atom is 0.269 e. The first-order valence-corrected chi connectivity index (χ1v) is 12.7. The lowest BCUT2D eigenvalue weighted by atomic mass is 10.1. The van der Waals surface area contributed by atoms with E-state index in [1.54, 1.807) is 37.4 Å². The maximum absolute atomic E-state index is 13.4. The molecule has 2 N–H and O–H groups in total. The zero-order valence-corrected chi connectivity index (χ0v) is 20.8. The minimum Gasteiger partial charge on any atom is -0.385 e. The number of anilines is 2. The lowest BCUT2D eigenvalue weighted by Crippen LogP contribution is -2.38. The van der Waals surface area contributed by atoms with E-state index in [1.165, 1.54) is 36.4 Å². The molecule has 3 aromatic rings. The average Bonchev–Trinajstić information content (AvgIpc) is 2.90. The van der Waals surface area contributed by atoms with Gasteiger partial charge in [-0.1, -0.05) is 30.3 Å². The average molecular weight is 527 g/mol. The van der Waals surface area contributed by atoms with E-state index in [0.29, 0.717) is 19.6 Å². The van der Waals surface area contributed by atoms with Crippen LogP contribution in [0.1, 0.15) is 16.8 Å². The van der Waals surface area contributed by atoms with Gasteiger partial charge in [0.1, 0.15) is 6.54 Å². The molecule has 0 heterocycles. The van der Waals surface area contributed by atoms with Crippen molar-refractivity contribution in [2.24, 2.45) is 0 Å². The minimum atomic E-state index is -4.21. The second-order valence-corrected chi connectivity index (χ2v) is 9.66. The van der Waals surface area contributed by atoms with Crippen LogP contribution >= 0.6 is 0 Å². The molecule has 0 unspecified atom stereocenters. The molecular weight excluding hydrogens is 500 g/mol. The van der Waals surface area contributed by atoms with Crippen molar-refractivity contribution in [2.45, 2.75) is 11.3 Å². The zero-order chi connectivity index (χ0) is 26.8. The summed E-state index contributed by atoms with van der Waals surface area (Å²) in [6.45, 7) is 0.212. The van der Waals surface area contributed by atoms with Crippen molar-refractivity contribution in [3.8, 4) is 0 Å². The Bertz CT molecular complexity index is 1350. The van der Waals surface area contributed by atoms with Crippen LogP contribution in [0.5, 0.6) is 0 Å². The van der Waals surface area contributed by atoms with E-state index < -0.39 is 33.3 Å². The van der Waals surface area contributed by atoms with Crippen molar-refractivity contribution in [3.63, 3.8) is 0 Å². The quantitative estimate of drug-likeness (QED) is 0.209. The molecule has 3 rings (SSSR count). The van der Waals surface area contributed by atoms with Gasteiger partial charge < -0.3 is 15.4 Å². The number of methoxy groups -OCH3 is 1. The normalized spacial score (nSPS) is 10.9. The molecule has 0 bridgehead atoms. The highest BCUT2D eigenvalue weighted by molar-refractivity contribution is 7.92. The van der Waals surface area contributed by atoms with Gasteiger partial charge in [-0.05, 0) is 42.8 Å². The molecule has 0 aliphatic carbocycles. The van der Waals surface area contributed by atoms with E-state index in [2.05, 4.69) is 10.6 Å². The van der Waals surface area contributed by atoms with E-state index in [9.17, 15) is 28.1 Å². The van der Waals surface area contributed by atoms with Crippen LogP contribution in [0.2, 0.25) is 0 Å². The molecule has 3 aromatic carbocycles. The Balaban J connectivity index is 1.86. The largest absolute Gasteiger partial charge is 0.385 e. The molecular formula is C25H26N4O7S. The van der Waals surface area contributed by atoms with Crippen LogP contribution < -0.4 is 14.9 Å². The molecule has 0 aliphatic rings. The smallest absolute Gasteiger partial charge is 0.269 e. The molecule has 0 radical (unpaired) electrons. The number of ether oxygens (including phenoxy) is 1. The number of rotatable bonds is 12. The summed E-state index contributed by atoms with van der Waals surface area (Å²) < 4.78 is 32.7. The van der Waals surface area contributed by atoms with Gasteiger partial charge in [-0.2, -0.15) is 0 Å². The van der Waals surface area contributed by atoms with E-state index >= 15 is 0 Å². The topological polar surface area (TPSA) is 148 Å². The number of amides is 2. The highest BCUT2D eigenvalue weighted by Crippen LogP contribution is 2.26. The van der Waals surface area contributed by atoms with Gasteiger partial charge in [0.25, 0.3) is 21.6 Å². The number of hydrogen-bond acceptors (Lipinski definition) is 7. The molecule has 11 nitrogen and oxygen atoms in total. The number of hydrogen-bond donors (Lipinski definition) is 2. The Morgan fingerprint density at radius 1 is 0.973 bits per heavy atom. The SMILES string of the molecule is COCCCNC(=O)c1ccccc1NC(=O)CN(c1ccc([N+](=O)[O-])cc1)S(=O)(=O)c1ccccc1. The Kier molecular flexibility index (Phi) is 9.30. The Labute approximate surface area is 214 Å². The van der Waals surface area contributed by atoms with E-state index in [1.807, 2.05) is 0 Å². The lowest BCUT2D eigenvalue weighted by molar-refractivity contribution is -0.384. The van der Waals surface area contributed by atoms with Gasteiger partial charge in [-0.3, -0.25) is 24.0 Å². The number of nitrogens with one attached hydrogen (secondary N) is 2. The Hall–Kier alpha value is -4.29. The van der Waals surface area contributed by atoms with Crippen LogP contribution in [0.25, 0.3) is 0 Å². The van der Waals surface area contributed by atoms with Crippen LogP contribution in [0, 0.1) is 10.1 Å². The predicted molar refractivity (Wildman–Crippen MR) is 138 cm³/mol. The van der Waals surface area contributed by atoms with Crippen molar-refractivity contribution in [1.82, 2.24) is 5.32 Å². The summed E-state index contributed by atoms with van der Waals surface area (Å²) in [4.78, 5) is 36.0. The highest BCUT2D eigenvalue weighted by Gasteiger charge is 2.28. The first-order valence-electron chi connectivity index (χ1n) is 11.2. The summed E-state index contributed by atoms with van der Waals surface area (Å²) in [7, 11) is -2.65. The van der Waals surface area contributed by atoms with E-state index in [-0.39, 0.29) is 27.5 Å². The van der Waals surface area contributed by atoms with Crippen LogP contribution in [-0.4, -0.2) is 52.0 Å². The minimum absolute atomic E-state index is 0.0583. The third-order valence-electron chi connectivity index (χ3n) is 5.22. The number of benzene rings is 3. The summed E-state index contributed by atoms with van der Waals surface area (Å²) >= 11 is 0. The number of carbonyl (C=O) groups is 2. The highest BCUT2D eigenvalue weighted by atomic mass is 32.2. The third kappa shape index (κ3) is 7.12. The fourth-order valence-corrected chi connectivity index (χ4v) is 4.84. The first-order chi connectivity index (χ1) is 17.7. The Morgan fingerprint density at radius 3 is 2.27 bits per heavy atom. The summed E-state index contributed by atoms with van der Waals surface area (Å²) in [5.41, 5.74) is 0.253. The van der Waals surface area contributed by atoms with Gasteiger partial charge in [0, 0.05) is 32.4 Å². The lowest BCUT2D eigenvalue weighted by Gasteiger charge is -2.24. The number of non-ortho nitro benzene ring substituents is 1. The van der Waals surface area contributed by atoms with Gasteiger partial charge in [0.15, 0.2) is 0 Å². The fourth-order valence-electron chi connectivity index (χ4n) is 3.40. The molecule has 194 valence electrons. The first kappa shape index (κ1) is 27.3. The number of para-hydroxylation sites is 1. The van der Waals surface area contributed by atoms with Crippen LogP contribution in [0.3, 0.4) is 0 Å². The van der Waals surface area contributed by atoms with E-state index in [4.69, 9.17) is 4.74 Å². The molecule has 2 amide bonds. The Morgan fingerprint density at radius 2 is 1.62 bits per heavy atom. The number of carbonyl (C=O) groups excluding carboxylic acids is 2. The van der Waals surface area contributed by atoms with Gasteiger partial charge in [0.2, 0.25) is 5.91 Å². The van der Waals surface area contributed by atoms with Crippen molar-refractivity contribution < 1.29 is 27.7 Å². The molecule has 0 aliphatic heterocycles. The van der Waals surface area contributed by atoms with Crippen LogP contribution in [0.15, 0.2) is 83.8 Å². The summed E-state index contributed by atoms with van der Waals surface area (Å²) in [5.74, 6) is -1.12. The van der Waals surface area contributed by atoms with Gasteiger partial charge >= 0.3 is 0 Å². The van der Waals surface area contributed by atoms with Crippen molar-refractivity contribution in [2.75, 3.05) is 36.4 Å². The van der Waals surface area contributed by atoms with Gasteiger partial charge in [-0.15, -0.1) is 0 Å². The maximum atomic E-state index is 13.4. The van der Waals surface area contributed by atoms with Crippen molar-refractivity contribution in [3.05, 3.63) is 94.5 Å². The summed E-state index contributed by atoms with van der Waals surface area (Å²) in [6.07, 6.45) is 0.609. The van der Waals surface area contributed by atoms with Gasteiger partial charge in [-0.25, -0.2) is 8.42 Å². The summed E-state index contributed by atoms with van der Waals surface area (Å²) in [5, 5.41) is 16.4. The zero-order valence-electron chi connectivity index (χ0n) is 20.0. The fraction of sp³-hybridized carbons (Fsp3) is 0.200. The number of nitro groups is 1. The van der Waals surface area contributed by atoms with Crippen LogP contribution in [0.4, 0.5) is 17.1 Å². The molecule has 0 saturated carbocycles. The number of nitro benzene ring substituents is 1. The number of sulfonamides is 1. The monoisotopic (exact) mass is 526 g/mol. The molecule has 0 fully saturated rings. The number of nitrogens with zero attached hydrogens (tertiary/aromatic N) is 2. The second-order valence-electron chi connectivity index (χ2n) is 7.79. The summed E-state index contributed by atoms with van der Waals surface area (Å²) in [6, 6.07) is 18.7. The molecule has 0 spiro atoms. The van der Waals surface area contributed by atoms with Gasteiger partial charge in [0.05, 0.1) is 26.8 Å². The van der Waals surface area contributed by atoms with Crippen LogP contribution in [-0.2, 0) is 19.6 Å². The predicted octanol–water partition coefficient (Wildman–Crippen LogP) is 3.20. The standard InChI is InChI=1S/C25H26N4O7S/c1-36-17-7-16-26-25(31)22-10-5-6-11-23(22)27-24(30)18-28(19-12-14-20(15-13-19)29(32)33)37(34,35)21-8-3-2-4-9-21/h2-6,8-15H,7,16-18H2,1H3,(H,26,31)(H,27,30). The second kappa shape index (κ2) is 12.6. The van der Waals surface area contributed by atoms with E-state index in [0.717, 1.165) is 16.4 Å². The molecule has 0 aromatic heterocycles. The third-order valence-corrected chi connectivity index (χ3v) is 7.01. The molecule has 12 heteroatoms. The molecule has 37 heavy (non-hydrogen) atoms. The molecule has 0 saturated heterocycles. The van der Waals surface area contributed by atoms with Crippen molar-refractivity contribution in [1.29, 1.82) is 0 Å². The van der Waals surface area contributed by atoms with Crippen molar-refractivity contribution >= 4 is 38.9 Å². The molecule has 0 atom stereocenters.